The molecule has 1 heterocycles. The van der Waals surface area contributed by atoms with Crippen LogP contribution in [0.3, 0.4) is 0 Å². The molecule has 0 atom stereocenters. The molecule has 1 aromatic rings. The average molecular weight is 339 g/mol. The van der Waals surface area contributed by atoms with Gasteiger partial charge in [-0.1, -0.05) is 18.2 Å². The van der Waals surface area contributed by atoms with E-state index in [0.717, 1.165) is 11.3 Å². The van der Waals surface area contributed by atoms with Crippen LogP contribution < -0.4 is 4.74 Å². The number of amides is 2. The minimum Gasteiger partial charge on any atom is -0.493 e. The Labute approximate surface area is 142 Å². The Bertz CT molecular complexity index is 542. The fourth-order valence-electron chi connectivity index (χ4n) is 2.57. The van der Waals surface area contributed by atoms with Gasteiger partial charge in [0.25, 0.3) is 0 Å². The van der Waals surface area contributed by atoms with Gasteiger partial charge >= 0.3 is 0 Å². The Morgan fingerprint density at radius 2 is 1.70 bits per heavy atom. The number of aryl methyl sites for hydroxylation is 1. The molecule has 1 aliphatic rings. The second-order valence-electron chi connectivity index (χ2n) is 5.61. The van der Waals surface area contributed by atoms with Crippen molar-refractivity contribution in [1.29, 1.82) is 0 Å². The molecule has 5 nitrogen and oxygen atoms in total. The second-order valence-corrected chi connectivity index (χ2v) is 5.88. The van der Waals surface area contributed by atoms with E-state index in [1.54, 1.807) is 4.90 Å². The van der Waals surface area contributed by atoms with Crippen molar-refractivity contribution in [2.75, 3.05) is 38.7 Å². The van der Waals surface area contributed by atoms with Crippen molar-refractivity contribution in [3.8, 4) is 5.75 Å². The Kier molecular flexibility index (Phi) is 6.71. The van der Waals surface area contributed by atoms with Gasteiger partial charge in [0, 0.05) is 32.6 Å². The van der Waals surface area contributed by atoms with Crippen molar-refractivity contribution in [2.24, 2.45) is 0 Å². The maximum atomic E-state index is 12.2. The van der Waals surface area contributed by atoms with Crippen LogP contribution in [0.15, 0.2) is 24.3 Å². The van der Waals surface area contributed by atoms with Gasteiger partial charge in [-0.2, -0.15) is 0 Å². The number of nitrogens with zero attached hydrogens (tertiary/aromatic N) is 2. The zero-order valence-electron chi connectivity index (χ0n) is 13.5. The standard InChI is InChI=1S/C17H23ClN2O3/c1-14-5-2-3-6-15(14)23-12-4-7-16(21)19-8-10-20(11-9-19)17(22)13-18/h2-3,5-6H,4,7-13H2,1H3. The lowest BCUT2D eigenvalue weighted by Crippen LogP contribution is -2.50. The van der Waals surface area contributed by atoms with Crippen LogP contribution in [0.25, 0.3) is 0 Å². The number of ether oxygens (including phenoxy) is 1. The van der Waals surface area contributed by atoms with E-state index in [1.165, 1.54) is 0 Å². The topological polar surface area (TPSA) is 49.9 Å². The summed E-state index contributed by atoms with van der Waals surface area (Å²) >= 11 is 5.54. The third-order valence-electron chi connectivity index (χ3n) is 3.99. The molecule has 1 fully saturated rings. The summed E-state index contributed by atoms with van der Waals surface area (Å²) in [6.45, 7) is 4.83. The summed E-state index contributed by atoms with van der Waals surface area (Å²) in [5, 5.41) is 0. The van der Waals surface area contributed by atoms with Gasteiger partial charge < -0.3 is 14.5 Å². The molecule has 1 aromatic carbocycles. The molecule has 0 aromatic heterocycles. The molecule has 0 bridgehead atoms. The van der Waals surface area contributed by atoms with Crippen LogP contribution in [0.5, 0.6) is 5.75 Å². The number of piperazine rings is 1. The zero-order chi connectivity index (χ0) is 16.7. The van der Waals surface area contributed by atoms with E-state index < -0.39 is 0 Å². The van der Waals surface area contributed by atoms with Gasteiger partial charge in [0.2, 0.25) is 11.8 Å². The molecule has 0 spiro atoms. The lowest BCUT2D eigenvalue weighted by Gasteiger charge is -2.34. The fourth-order valence-corrected chi connectivity index (χ4v) is 2.74. The molecule has 23 heavy (non-hydrogen) atoms. The number of rotatable bonds is 6. The Morgan fingerprint density at radius 1 is 1.09 bits per heavy atom. The summed E-state index contributed by atoms with van der Waals surface area (Å²) < 4.78 is 5.70. The number of hydrogen-bond acceptors (Lipinski definition) is 3. The fraction of sp³-hybridized carbons (Fsp3) is 0.529. The number of benzene rings is 1. The molecular weight excluding hydrogens is 316 g/mol. The molecule has 2 rings (SSSR count). The summed E-state index contributed by atoms with van der Waals surface area (Å²) in [6, 6.07) is 7.85. The van der Waals surface area contributed by atoms with E-state index in [2.05, 4.69) is 0 Å². The number of para-hydroxylation sites is 1. The molecule has 0 N–H and O–H groups in total. The minimum atomic E-state index is -0.0644. The number of carbonyl (C=O) groups is 2. The highest BCUT2D eigenvalue weighted by Gasteiger charge is 2.23. The van der Waals surface area contributed by atoms with Gasteiger partial charge in [-0.15, -0.1) is 11.6 Å². The lowest BCUT2D eigenvalue weighted by molar-refractivity contribution is -0.138. The smallest absolute Gasteiger partial charge is 0.237 e. The SMILES string of the molecule is Cc1ccccc1OCCCC(=O)N1CCN(C(=O)CCl)CC1. The number of halogens is 1. The van der Waals surface area contributed by atoms with Crippen LogP contribution in [-0.2, 0) is 9.59 Å². The van der Waals surface area contributed by atoms with Crippen molar-refractivity contribution >= 4 is 23.4 Å². The van der Waals surface area contributed by atoms with Crippen molar-refractivity contribution in [3.63, 3.8) is 0 Å². The van der Waals surface area contributed by atoms with Crippen LogP contribution >= 0.6 is 11.6 Å². The summed E-state index contributed by atoms with van der Waals surface area (Å²) in [6.07, 6.45) is 1.16. The van der Waals surface area contributed by atoms with Gasteiger partial charge in [0.05, 0.1) is 6.61 Å². The first-order valence-electron chi connectivity index (χ1n) is 7.91. The molecule has 0 unspecified atom stereocenters. The highest BCUT2D eigenvalue weighted by atomic mass is 35.5. The summed E-state index contributed by atoms with van der Waals surface area (Å²) in [5.74, 6) is 0.930. The highest BCUT2D eigenvalue weighted by molar-refractivity contribution is 6.27. The maximum Gasteiger partial charge on any atom is 0.237 e. The van der Waals surface area contributed by atoms with Crippen LogP contribution in [0.4, 0.5) is 0 Å². The Balaban J connectivity index is 1.66. The van der Waals surface area contributed by atoms with E-state index in [0.29, 0.717) is 45.6 Å². The molecule has 0 radical (unpaired) electrons. The Morgan fingerprint density at radius 3 is 2.30 bits per heavy atom. The third kappa shape index (κ3) is 5.13. The van der Waals surface area contributed by atoms with Gasteiger partial charge in [-0.25, -0.2) is 0 Å². The van der Waals surface area contributed by atoms with Crippen molar-refractivity contribution in [1.82, 2.24) is 9.80 Å². The third-order valence-corrected chi connectivity index (χ3v) is 4.21. The predicted molar refractivity (Wildman–Crippen MR) is 89.8 cm³/mol. The van der Waals surface area contributed by atoms with Crippen molar-refractivity contribution in [3.05, 3.63) is 29.8 Å². The van der Waals surface area contributed by atoms with Gasteiger partial charge in [-0.3, -0.25) is 9.59 Å². The quantitative estimate of drug-likeness (QED) is 0.589. The molecule has 2 amide bonds. The average Bonchev–Trinajstić information content (AvgIpc) is 2.59. The highest BCUT2D eigenvalue weighted by Crippen LogP contribution is 2.16. The summed E-state index contributed by atoms with van der Waals surface area (Å²) in [5.41, 5.74) is 1.10. The van der Waals surface area contributed by atoms with Crippen molar-refractivity contribution < 1.29 is 14.3 Å². The molecule has 6 heteroatoms. The molecule has 1 aliphatic heterocycles. The predicted octanol–water partition coefficient (Wildman–Crippen LogP) is 2.06. The van der Waals surface area contributed by atoms with E-state index in [1.807, 2.05) is 36.1 Å². The number of carbonyl (C=O) groups excluding carboxylic acids is 2. The molecule has 0 aliphatic carbocycles. The second kappa shape index (κ2) is 8.77. The molecule has 126 valence electrons. The number of hydrogen-bond donors (Lipinski definition) is 0. The van der Waals surface area contributed by atoms with Gasteiger partial charge in [0.1, 0.15) is 11.6 Å². The summed E-state index contributed by atoms with van der Waals surface area (Å²) in [7, 11) is 0. The zero-order valence-corrected chi connectivity index (χ0v) is 14.2. The normalized spacial score (nSPS) is 14.7. The lowest BCUT2D eigenvalue weighted by atomic mass is 10.2. The van der Waals surface area contributed by atoms with E-state index in [4.69, 9.17) is 16.3 Å². The minimum absolute atomic E-state index is 0.00415. The largest absolute Gasteiger partial charge is 0.493 e. The van der Waals surface area contributed by atoms with Crippen LogP contribution in [0, 0.1) is 6.92 Å². The molecule has 0 saturated carbocycles. The first-order valence-corrected chi connectivity index (χ1v) is 8.45. The Hall–Kier alpha value is -1.75. The van der Waals surface area contributed by atoms with E-state index in [9.17, 15) is 9.59 Å². The monoisotopic (exact) mass is 338 g/mol. The van der Waals surface area contributed by atoms with Crippen LogP contribution in [0.2, 0.25) is 0 Å². The van der Waals surface area contributed by atoms with E-state index in [-0.39, 0.29) is 17.7 Å². The molecule has 1 saturated heterocycles. The van der Waals surface area contributed by atoms with Crippen molar-refractivity contribution in [2.45, 2.75) is 19.8 Å². The first kappa shape index (κ1) is 17.6. The van der Waals surface area contributed by atoms with Crippen LogP contribution in [-0.4, -0.2) is 60.3 Å². The van der Waals surface area contributed by atoms with Crippen LogP contribution in [0.1, 0.15) is 18.4 Å². The number of alkyl halides is 1. The maximum absolute atomic E-state index is 12.2. The first-order chi connectivity index (χ1) is 11.1. The van der Waals surface area contributed by atoms with Gasteiger partial charge in [0.15, 0.2) is 0 Å². The summed E-state index contributed by atoms with van der Waals surface area (Å²) in [4.78, 5) is 27.2. The van der Waals surface area contributed by atoms with E-state index >= 15 is 0 Å². The van der Waals surface area contributed by atoms with Gasteiger partial charge in [-0.05, 0) is 25.0 Å². The molecular formula is C17H23ClN2O3.